The first-order valence-electron chi connectivity index (χ1n) is 6.13. The molecule has 0 unspecified atom stereocenters. The summed E-state index contributed by atoms with van der Waals surface area (Å²) < 4.78 is 2.07. The topological polar surface area (TPSA) is 30.2 Å². The third kappa shape index (κ3) is 1.44. The number of hydrogen-bond acceptors (Lipinski definition) is 2. The molecule has 3 aromatic heterocycles. The van der Waals surface area contributed by atoms with Crippen LogP contribution in [0.15, 0.2) is 31.1 Å². The summed E-state index contributed by atoms with van der Waals surface area (Å²) in [6.07, 6.45) is 4.72. The summed E-state index contributed by atoms with van der Waals surface area (Å²) in [7, 11) is 0. The fourth-order valence-corrected chi connectivity index (χ4v) is 2.37. The fourth-order valence-electron chi connectivity index (χ4n) is 2.37. The Morgan fingerprint density at radius 3 is 2.94 bits per heavy atom. The van der Waals surface area contributed by atoms with Crippen LogP contribution in [0.25, 0.3) is 22.6 Å². The van der Waals surface area contributed by atoms with Crippen LogP contribution in [0.2, 0.25) is 0 Å². The lowest BCUT2D eigenvalue weighted by Gasteiger charge is -2.03. The molecule has 3 heterocycles. The van der Waals surface area contributed by atoms with Gasteiger partial charge in [0.25, 0.3) is 0 Å². The van der Waals surface area contributed by atoms with E-state index >= 15 is 0 Å². The van der Waals surface area contributed by atoms with Gasteiger partial charge in [-0.3, -0.25) is 4.40 Å². The third-order valence-corrected chi connectivity index (χ3v) is 3.30. The molecule has 3 nitrogen and oxygen atoms in total. The molecule has 0 saturated carbocycles. The zero-order valence-electron chi connectivity index (χ0n) is 10.6. The van der Waals surface area contributed by atoms with Crippen molar-refractivity contribution in [1.29, 1.82) is 0 Å². The number of rotatable bonds is 2. The van der Waals surface area contributed by atoms with Crippen molar-refractivity contribution in [1.82, 2.24) is 14.4 Å². The van der Waals surface area contributed by atoms with Gasteiger partial charge >= 0.3 is 0 Å². The van der Waals surface area contributed by atoms with Gasteiger partial charge in [-0.05, 0) is 43.2 Å². The van der Waals surface area contributed by atoms with Gasteiger partial charge in [0, 0.05) is 11.4 Å². The largest absolute Gasteiger partial charge is 0.299 e. The lowest BCUT2D eigenvalue weighted by Crippen LogP contribution is -1.94. The number of nitrogens with zero attached hydrogens (tertiary/aromatic N) is 3. The molecule has 90 valence electrons. The fraction of sp³-hybridized carbons (Fsp3) is 0.200. The Morgan fingerprint density at radius 1 is 1.39 bits per heavy atom. The second-order valence-corrected chi connectivity index (χ2v) is 4.43. The summed E-state index contributed by atoms with van der Waals surface area (Å²) >= 11 is 0. The van der Waals surface area contributed by atoms with Crippen molar-refractivity contribution in [2.45, 2.75) is 20.3 Å². The molecule has 0 aromatic carbocycles. The van der Waals surface area contributed by atoms with E-state index in [2.05, 4.69) is 33.9 Å². The number of aromatic nitrogens is 3. The lowest BCUT2D eigenvalue weighted by molar-refractivity contribution is 1.06. The molecular weight excluding hydrogens is 222 g/mol. The Bertz CT molecular complexity index is 753. The zero-order chi connectivity index (χ0) is 12.7. The Morgan fingerprint density at radius 2 is 2.22 bits per heavy atom. The van der Waals surface area contributed by atoms with Crippen LogP contribution in [0, 0.1) is 6.92 Å². The molecular formula is C15H15N3. The van der Waals surface area contributed by atoms with E-state index in [-0.39, 0.29) is 0 Å². The second kappa shape index (κ2) is 3.95. The van der Waals surface area contributed by atoms with Crippen LogP contribution >= 0.6 is 0 Å². The Labute approximate surface area is 106 Å². The SMILES string of the molecule is C=Cc1c(CC)cc2c3nc(C)ccc3ncn12. The van der Waals surface area contributed by atoms with Crippen LogP contribution in [-0.2, 0) is 6.42 Å². The number of aryl methyl sites for hydroxylation is 2. The Balaban J connectivity index is 2.50. The Kier molecular flexibility index (Phi) is 2.40. The maximum absolute atomic E-state index is 4.61. The van der Waals surface area contributed by atoms with Gasteiger partial charge in [-0.15, -0.1) is 0 Å². The van der Waals surface area contributed by atoms with Gasteiger partial charge in [0.2, 0.25) is 0 Å². The molecule has 0 saturated heterocycles. The van der Waals surface area contributed by atoms with Crippen molar-refractivity contribution in [2.24, 2.45) is 0 Å². The molecule has 3 rings (SSSR count). The van der Waals surface area contributed by atoms with E-state index in [1.165, 1.54) is 5.56 Å². The molecule has 3 aromatic rings. The van der Waals surface area contributed by atoms with Crippen molar-refractivity contribution < 1.29 is 0 Å². The highest BCUT2D eigenvalue weighted by molar-refractivity contribution is 5.91. The van der Waals surface area contributed by atoms with E-state index in [4.69, 9.17) is 0 Å². The third-order valence-electron chi connectivity index (χ3n) is 3.30. The highest BCUT2D eigenvalue weighted by Crippen LogP contribution is 2.23. The van der Waals surface area contributed by atoms with Gasteiger partial charge in [-0.2, -0.15) is 0 Å². The van der Waals surface area contributed by atoms with Crippen molar-refractivity contribution >= 4 is 22.6 Å². The minimum Gasteiger partial charge on any atom is -0.299 e. The summed E-state index contributed by atoms with van der Waals surface area (Å²) in [5, 5.41) is 0. The molecule has 0 aliphatic rings. The van der Waals surface area contributed by atoms with Gasteiger partial charge in [0.15, 0.2) is 0 Å². The summed E-state index contributed by atoms with van der Waals surface area (Å²) in [4.78, 5) is 9.07. The zero-order valence-corrected chi connectivity index (χ0v) is 10.6. The molecule has 0 atom stereocenters. The molecule has 0 fully saturated rings. The Hall–Kier alpha value is -2.16. The standard InChI is InChI=1S/C15H15N3/c1-4-11-8-14-15-12(7-6-10(3)17-15)16-9-18(14)13(11)5-2/h5-9H,2,4H2,1,3H3. The molecule has 3 heteroatoms. The first kappa shape index (κ1) is 11.0. The van der Waals surface area contributed by atoms with Crippen LogP contribution in [0.3, 0.4) is 0 Å². The van der Waals surface area contributed by atoms with Crippen molar-refractivity contribution in [3.05, 3.63) is 48.1 Å². The minimum atomic E-state index is 0.934. The van der Waals surface area contributed by atoms with Gasteiger partial charge in [0.05, 0.1) is 11.0 Å². The molecule has 0 radical (unpaired) electrons. The summed E-state index contributed by atoms with van der Waals surface area (Å²) in [6.45, 7) is 8.04. The van der Waals surface area contributed by atoms with Crippen LogP contribution in [0.4, 0.5) is 0 Å². The maximum Gasteiger partial charge on any atom is 0.113 e. The molecule has 0 amide bonds. The van der Waals surface area contributed by atoms with E-state index in [9.17, 15) is 0 Å². The molecule has 0 aliphatic heterocycles. The second-order valence-electron chi connectivity index (χ2n) is 4.43. The van der Waals surface area contributed by atoms with Crippen molar-refractivity contribution in [3.63, 3.8) is 0 Å². The molecule has 0 bridgehead atoms. The van der Waals surface area contributed by atoms with Crippen LogP contribution in [0.5, 0.6) is 0 Å². The van der Waals surface area contributed by atoms with E-state index in [1.807, 2.05) is 31.5 Å². The van der Waals surface area contributed by atoms with E-state index in [1.54, 1.807) is 0 Å². The van der Waals surface area contributed by atoms with Gasteiger partial charge in [0.1, 0.15) is 11.8 Å². The van der Waals surface area contributed by atoms with Crippen LogP contribution < -0.4 is 0 Å². The smallest absolute Gasteiger partial charge is 0.113 e. The van der Waals surface area contributed by atoms with Crippen molar-refractivity contribution in [2.75, 3.05) is 0 Å². The number of hydrogen-bond donors (Lipinski definition) is 0. The lowest BCUT2D eigenvalue weighted by atomic mass is 10.2. The van der Waals surface area contributed by atoms with Gasteiger partial charge in [-0.1, -0.05) is 13.5 Å². The van der Waals surface area contributed by atoms with Crippen molar-refractivity contribution in [3.8, 4) is 0 Å². The number of fused-ring (bicyclic) bond motifs is 3. The van der Waals surface area contributed by atoms with Gasteiger partial charge < -0.3 is 0 Å². The summed E-state index contributed by atoms with van der Waals surface area (Å²) in [6, 6.07) is 6.20. The highest BCUT2D eigenvalue weighted by Gasteiger charge is 2.10. The van der Waals surface area contributed by atoms with E-state index < -0.39 is 0 Å². The monoisotopic (exact) mass is 237 g/mol. The number of pyridine rings is 1. The summed E-state index contributed by atoms with van der Waals surface area (Å²) in [5.41, 5.74) is 6.41. The van der Waals surface area contributed by atoms with Crippen LogP contribution in [-0.4, -0.2) is 14.4 Å². The highest BCUT2D eigenvalue weighted by atomic mass is 15.0. The molecule has 0 N–H and O–H groups in total. The first-order chi connectivity index (χ1) is 8.74. The molecule has 0 aliphatic carbocycles. The first-order valence-corrected chi connectivity index (χ1v) is 6.13. The summed E-state index contributed by atoms with van der Waals surface area (Å²) in [5.74, 6) is 0. The molecule has 0 spiro atoms. The van der Waals surface area contributed by atoms with Gasteiger partial charge in [-0.25, -0.2) is 9.97 Å². The average molecular weight is 237 g/mol. The minimum absolute atomic E-state index is 0.934. The quantitative estimate of drug-likeness (QED) is 0.683. The van der Waals surface area contributed by atoms with E-state index in [0.29, 0.717) is 0 Å². The molecule has 18 heavy (non-hydrogen) atoms. The predicted molar refractivity (Wildman–Crippen MR) is 74.7 cm³/mol. The normalized spacial score (nSPS) is 11.2. The maximum atomic E-state index is 4.61. The van der Waals surface area contributed by atoms with E-state index in [0.717, 1.165) is 34.4 Å². The average Bonchev–Trinajstić information content (AvgIpc) is 2.76. The predicted octanol–water partition coefficient (Wildman–Crippen LogP) is 3.40. The van der Waals surface area contributed by atoms with Crippen LogP contribution in [0.1, 0.15) is 23.9 Å².